The summed E-state index contributed by atoms with van der Waals surface area (Å²) in [5.74, 6) is 3.19. The van der Waals surface area contributed by atoms with Gasteiger partial charge in [0, 0.05) is 12.5 Å². The molecule has 14 heavy (non-hydrogen) atoms. The number of aromatic nitrogens is 2. The molecule has 0 radical (unpaired) electrons. The molecule has 4 heteroatoms. The van der Waals surface area contributed by atoms with Crippen molar-refractivity contribution in [1.29, 1.82) is 0 Å². The summed E-state index contributed by atoms with van der Waals surface area (Å²) in [6.07, 6.45) is 5.44. The smallest absolute Gasteiger partial charge is 0.126 e. The van der Waals surface area contributed by atoms with Crippen molar-refractivity contribution < 1.29 is 0 Å². The average molecular weight is 211 g/mol. The third-order valence-electron chi connectivity index (χ3n) is 2.54. The number of imidazole rings is 1. The van der Waals surface area contributed by atoms with Crippen LogP contribution in [0.2, 0.25) is 0 Å². The van der Waals surface area contributed by atoms with Crippen molar-refractivity contribution in [2.75, 3.05) is 17.2 Å². The topological polar surface area (TPSA) is 43.8 Å². The predicted molar refractivity (Wildman–Crippen MR) is 61.6 cm³/mol. The summed E-state index contributed by atoms with van der Waals surface area (Å²) in [5.41, 5.74) is 7.10. The highest BCUT2D eigenvalue weighted by molar-refractivity contribution is 7.99. The molecule has 1 aliphatic carbocycles. The van der Waals surface area contributed by atoms with Gasteiger partial charge in [-0.25, -0.2) is 4.98 Å². The van der Waals surface area contributed by atoms with Gasteiger partial charge in [-0.1, -0.05) is 6.92 Å². The maximum absolute atomic E-state index is 6.02. The van der Waals surface area contributed by atoms with Gasteiger partial charge >= 0.3 is 0 Å². The lowest BCUT2D eigenvalue weighted by Gasteiger charge is -2.02. The van der Waals surface area contributed by atoms with E-state index in [9.17, 15) is 0 Å². The third-order valence-corrected chi connectivity index (χ3v) is 3.44. The van der Waals surface area contributed by atoms with Crippen molar-refractivity contribution in [3.05, 3.63) is 12.0 Å². The van der Waals surface area contributed by atoms with Crippen molar-refractivity contribution in [3.63, 3.8) is 0 Å². The van der Waals surface area contributed by atoms with Gasteiger partial charge in [-0.2, -0.15) is 11.8 Å². The Morgan fingerprint density at radius 1 is 1.64 bits per heavy atom. The summed E-state index contributed by atoms with van der Waals surface area (Å²) in [6.45, 7) is 2.18. The second-order valence-corrected chi connectivity index (χ2v) is 5.06. The van der Waals surface area contributed by atoms with E-state index in [-0.39, 0.29) is 0 Å². The summed E-state index contributed by atoms with van der Waals surface area (Å²) < 4.78 is 2.13. The molecule has 0 saturated heterocycles. The van der Waals surface area contributed by atoms with Crippen LogP contribution in [0.25, 0.3) is 0 Å². The Morgan fingerprint density at radius 2 is 2.43 bits per heavy atom. The van der Waals surface area contributed by atoms with Crippen molar-refractivity contribution in [3.8, 4) is 0 Å². The molecule has 0 atom stereocenters. The number of nitrogens with two attached hydrogens (primary N) is 1. The molecule has 3 nitrogen and oxygen atoms in total. The van der Waals surface area contributed by atoms with E-state index in [2.05, 4.69) is 16.5 Å². The summed E-state index contributed by atoms with van der Waals surface area (Å²) in [6, 6.07) is 0.648. The zero-order chi connectivity index (χ0) is 9.97. The van der Waals surface area contributed by atoms with Crippen molar-refractivity contribution in [2.24, 2.45) is 0 Å². The fourth-order valence-electron chi connectivity index (χ4n) is 1.56. The lowest BCUT2D eigenvalue weighted by molar-refractivity contribution is 0.750. The standard InChI is InChI=1S/C10H17N3S/c1-2-14-6-5-9-10(11)13(7-12-9)8-3-4-8/h7-8H,2-6,11H2,1H3. The van der Waals surface area contributed by atoms with E-state index in [1.165, 1.54) is 18.6 Å². The number of aryl methyl sites for hydroxylation is 1. The van der Waals surface area contributed by atoms with Gasteiger partial charge in [0.1, 0.15) is 5.82 Å². The zero-order valence-corrected chi connectivity index (χ0v) is 9.39. The Kier molecular flexibility index (Phi) is 3.01. The summed E-state index contributed by atoms with van der Waals surface area (Å²) in [7, 11) is 0. The first-order valence-corrected chi connectivity index (χ1v) is 6.37. The summed E-state index contributed by atoms with van der Waals surface area (Å²) in [5, 5.41) is 0. The average Bonchev–Trinajstić information content (AvgIpc) is 2.95. The molecule has 2 rings (SSSR count). The quantitative estimate of drug-likeness (QED) is 0.758. The fraction of sp³-hybridized carbons (Fsp3) is 0.700. The van der Waals surface area contributed by atoms with Gasteiger partial charge in [-0.05, 0) is 24.3 Å². The highest BCUT2D eigenvalue weighted by Gasteiger charge is 2.25. The molecule has 1 saturated carbocycles. The number of nitrogen functional groups attached to an aromatic ring is 1. The van der Waals surface area contributed by atoms with E-state index < -0.39 is 0 Å². The van der Waals surface area contributed by atoms with Gasteiger partial charge in [0.15, 0.2) is 0 Å². The third kappa shape index (κ3) is 2.05. The minimum Gasteiger partial charge on any atom is -0.384 e. The number of nitrogens with zero attached hydrogens (tertiary/aromatic N) is 2. The molecule has 1 heterocycles. The van der Waals surface area contributed by atoms with Gasteiger partial charge in [0.2, 0.25) is 0 Å². The Morgan fingerprint density at radius 3 is 3.07 bits per heavy atom. The van der Waals surface area contributed by atoms with Gasteiger partial charge < -0.3 is 10.3 Å². The van der Waals surface area contributed by atoms with Crippen LogP contribution in [-0.4, -0.2) is 21.1 Å². The second-order valence-electron chi connectivity index (χ2n) is 3.66. The van der Waals surface area contributed by atoms with Crippen LogP contribution in [0, 0.1) is 0 Å². The van der Waals surface area contributed by atoms with Crippen LogP contribution in [0.15, 0.2) is 6.33 Å². The van der Waals surface area contributed by atoms with Gasteiger partial charge in [0.05, 0.1) is 12.0 Å². The fourth-order valence-corrected chi connectivity index (χ4v) is 2.19. The second kappa shape index (κ2) is 4.26. The lowest BCUT2D eigenvalue weighted by atomic mass is 10.3. The van der Waals surface area contributed by atoms with Crippen LogP contribution >= 0.6 is 11.8 Å². The van der Waals surface area contributed by atoms with Crippen LogP contribution < -0.4 is 5.73 Å². The molecule has 0 amide bonds. The highest BCUT2D eigenvalue weighted by atomic mass is 32.2. The van der Waals surface area contributed by atoms with Crippen LogP contribution in [0.1, 0.15) is 31.5 Å². The molecular weight excluding hydrogens is 194 g/mol. The van der Waals surface area contributed by atoms with Gasteiger partial charge in [0.25, 0.3) is 0 Å². The van der Waals surface area contributed by atoms with E-state index in [1.807, 2.05) is 18.1 Å². The van der Waals surface area contributed by atoms with Crippen LogP contribution in [0.3, 0.4) is 0 Å². The van der Waals surface area contributed by atoms with E-state index in [1.54, 1.807) is 0 Å². The van der Waals surface area contributed by atoms with E-state index in [4.69, 9.17) is 5.73 Å². The molecule has 0 aliphatic heterocycles. The molecule has 78 valence electrons. The van der Waals surface area contributed by atoms with Crippen molar-refractivity contribution >= 4 is 17.6 Å². The van der Waals surface area contributed by atoms with E-state index in [0.717, 1.165) is 23.7 Å². The normalized spacial score (nSPS) is 16.1. The maximum atomic E-state index is 6.02. The van der Waals surface area contributed by atoms with E-state index in [0.29, 0.717) is 6.04 Å². The zero-order valence-electron chi connectivity index (χ0n) is 8.57. The van der Waals surface area contributed by atoms with Crippen molar-refractivity contribution in [1.82, 2.24) is 9.55 Å². The van der Waals surface area contributed by atoms with Crippen LogP contribution in [0.4, 0.5) is 5.82 Å². The first-order valence-electron chi connectivity index (χ1n) is 5.21. The number of hydrogen-bond donors (Lipinski definition) is 1. The highest BCUT2D eigenvalue weighted by Crippen LogP contribution is 2.37. The number of rotatable bonds is 5. The van der Waals surface area contributed by atoms with E-state index >= 15 is 0 Å². The maximum Gasteiger partial charge on any atom is 0.126 e. The number of anilines is 1. The van der Waals surface area contributed by atoms with Gasteiger partial charge in [-0.3, -0.25) is 0 Å². The SMILES string of the molecule is CCSCCc1ncn(C2CC2)c1N. The minimum absolute atomic E-state index is 0.648. The lowest BCUT2D eigenvalue weighted by Crippen LogP contribution is -2.02. The molecule has 0 unspecified atom stereocenters. The molecule has 1 aromatic heterocycles. The van der Waals surface area contributed by atoms with Crippen LogP contribution in [0.5, 0.6) is 0 Å². The number of hydrogen-bond acceptors (Lipinski definition) is 3. The van der Waals surface area contributed by atoms with Crippen LogP contribution in [-0.2, 0) is 6.42 Å². The molecule has 0 aromatic carbocycles. The first kappa shape index (κ1) is 9.90. The molecule has 0 bridgehead atoms. The first-order chi connectivity index (χ1) is 6.83. The largest absolute Gasteiger partial charge is 0.384 e. The van der Waals surface area contributed by atoms with Crippen molar-refractivity contribution in [2.45, 2.75) is 32.2 Å². The number of thioether (sulfide) groups is 1. The minimum atomic E-state index is 0.648. The molecular formula is C10H17N3S. The van der Waals surface area contributed by atoms with Gasteiger partial charge in [-0.15, -0.1) is 0 Å². The molecule has 1 aliphatic rings. The molecule has 0 spiro atoms. The Bertz CT molecular complexity index is 304. The molecule has 2 N–H and O–H groups in total. The predicted octanol–water partition coefficient (Wildman–Crippen LogP) is 2.10. The Balaban J connectivity index is 1.96. The summed E-state index contributed by atoms with van der Waals surface area (Å²) in [4.78, 5) is 4.37. The molecule has 1 fully saturated rings. The Hall–Kier alpha value is -0.640. The Labute approximate surface area is 89.1 Å². The monoisotopic (exact) mass is 211 g/mol. The molecule has 1 aromatic rings. The summed E-state index contributed by atoms with van der Waals surface area (Å²) >= 11 is 1.94.